The molecule has 3 heteroatoms. The van der Waals surface area contributed by atoms with Crippen LogP contribution in [0.2, 0.25) is 0 Å². The van der Waals surface area contributed by atoms with E-state index in [1.165, 1.54) is 0 Å². The second-order valence-electron chi connectivity index (χ2n) is 2.54. The van der Waals surface area contributed by atoms with Gasteiger partial charge in [-0.1, -0.05) is 0 Å². The third-order valence-electron chi connectivity index (χ3n) is 1.30. The predicted octanol–water partition coefficient (Wildman–Crippen LogP) is 4.52. The average molecular weight is 405 g/mol. The Kier molecular flexibility index (Phi) is 5.44. The van der Waals surface area contributed by atoms with Crippen molar-refractivity contribution in [1.82, 2.24) is 0 Å². The van der Waals surface area contributed by atoms with E-state index >= 15 is 0 Å². The molecule has 0 aliphatic heterocycles. The zero-order valence-corrected chi connectivity index (χ0v) is 13.4. The van der Waals surface area contributed by atoms with Crippen molar-refractivity contribution in [3.63, 3.8) is 0 Å². The molecule has 0 atom stereocenters. The standard InChI is InChI=1S/3C3H5.2BrH.Sb/c3*1-3-2;;;/h3*1,3H,2H3;2*1H;/q;;;;;+2/p-2. The van der Waals surface area contributed by atoms with Gasteiger partial charge < -0.3 is 0 Å². The Bertz CT molecular complexity index is 189. The van der Waals surface area contributed by atoms with Crippen LogP contribution in [0.25, 0.3) is 0 Å². The summed E-state index contributed by atoms with van der Waals surface area (Å²) in [6.45, 7) is 6.13. The van der Waals surface area contributed by atoms with Gasteiger partial charge in [0.05, 0.1) is 0 Å². The van der Waals surface area contributed by atoms with E-state index in [0.717, 1.165) is 0 Å². The van der Waals surface area contributed by atoms with Gasteiger partial charge >= 0.3 is 89.2 Å². The van der Waals surface area contributed by atoms with Crippen LogP contribution in [0.3, 0.4) is 0 Å². The molecule has 0 nitrogen and oxygen atoms in total. The zero-order valence-electron chi connectivity index (χ0n) is 7.67. The van der Waals surface area contributed by atoms with Crippen molar-refractivity contribution in [2.75, 3.05) is 0 Å². The molecule has 0 N–H and O–H groups in total. The minimum absolute atomic E-state index is 2.04. The molecule has 0 radical (unpaired) electrons. The van der Waals surface area contributed by atoms with E-state index in [1.54, 1.807) is 0 Å². The average Bonchev–Trinajstić information content (AvgIpc) is 1.86. The number of halogens is 2. The Labute approximate surface area is 88.2 Å². The van der Waals surface area contributed by atoms with E-state index in [-0.39, 0.29) is 0 Å². The van der Waals surface area contributed by atoms with Crippen LogP contribution in [0, 0.1) is 0 Å². The molecule has 0 spiro atoms. The van der Waals surface area contributed by atoms with Gasteiger partial charge in [-0.05, 0) is 0 Å². The number of hydrogen-bond donors (Lipinski definition) is 0. The van der Waals surface area contributed by atoms with Gasteiger partial charge in [0.2, 0.25) is 0 Å². The molecule has 0 aromatic heterocycles. The molecule has 0 fully saturated rings. The minimum atomic E-state index is -2.92. The summed E-state index contributed by atoms with van der Waals surface area (Å²) in [6, 6.07) is 0. The molecule has 0 rings (SSSR count). The molecule has 0 bridgehead atoms. The third-order valence-corrected chi connectivity index (χ3v) is 18.2. The van der Waals surface area contributed by atoms with Gasteiger partial charge in [0.25, 0.3) is 0 Å². The summed E-state index contributed by atoms with van der Waals surface area (Å²) < 4.78 is 6.73. The van der Waals surface area contributed by atoms with Gasteiger partial charge in [-0.3, -0.25) is 0 Å². The number of rotatable bonds is 3. The molecule has 0 aliphatic rings. The summed E-state index contributed by atoms with van der Waals surface area (Å²) in [5, 5.41) is 0. The van der Waals surface area contributed by atoms with Gasteiger partial charge in [0, 0.05) is 0 Å². The van der Waals surface area contributed by atoms with E-state index in [2.05, 4.69) is 55.5 Å². The van der Waals surface area contributed by atoms with Crippen molar-refractivity contribution in [2.45, 2.75) is 20.8 Å². The fourth-order valence-corrected chi connectivity index (χ4v) is 16.2. The Morgan fingerprint density at radius 2 is 1.00 bits per heavy atom. The van der Waals surface area contributed by atoms with Crippen LogP contribution in [0.4, 0.5) is 0 Å². The van der Waals surface area contributed by atoms with Crippen molar-refractivity contribution >= 4 is 38.1 Å². The molecule has 0 aromatic rings. The van der Waals surface area contributed by atoms with Gasteiger partial charge in [-0.2, -0.15) is 0 Å². The van der Waals surface area contributed by atoms with Gasteiger partial charge in [0.15, 0.2) is 0 Å². The van der Waals surface area contributed by atoms with Crippen LogP contribution in [0.15, 0.2) is 30.3 Å². The van der Waals surface area contributed by atoms with Crippen LogP contribution >= 0.6 is 25.2 Å². The maximum absolute atomic E-state index is 3.83. The van der Waals surface area contributed by atoms with E-state index < -0.39 is 12.9 Å². The number of hydrogen-bond acceptors (Lipinski definition) is 0. The summed E-state index contributed by atoms with van der Waals surface area (Å²) in [4.78, 5) is 0. The van der Waals surface area contributed by atoms with Crippen LogP contribution in [-0.2, 0) is 0 Å². The van der Waals surface area contributed by atoms with Gasteiger partial charge in [-0.25, -0.2) is 0 Å². The fraction of sp³-hybridized carbons (Fsp3) is 0.333. The monoisotopic (exact) mass is 402 g/mol. The van der Waals surface area contributed by atoms with Crippen molar-refractivity contribution in [3.8, 4) is 0 Å². The molecule has 0 saturated carbocycles. The molecule has 12 heavy (non-hydrogen) atoms. The summed E-state index contributed by atoms with van der Waals surface area (Å²) in [5.41, 5.74) is 0. The summed E-state index contributed by atoms with van der Waals surface area (Å²) in [7, 11) is 0. The quantitative estimate of drug-likeness (QED) is 0.607. The molecule has 0 heterocycles. The van der Waals surface area contributed by atoms with E-state index in [9.17, 15) is 0 Å². The van der Waals surface area contributed by atoms with Crippen molar-refractivity contribution in [1.29, 1.82) is 0 Å². The second-order valence-corrected chi connectivity index (χ2v) is 39.0. The molecule has 0 unspecified atom stereocenters. The molecule has 0 aliphatic carbocycles. The normalized spacial score (nSPS) is 17.6. The molecule has 0 aromatic carbocycles. The fourth-order valence-electron chi connectivity index (χ4n) is 1.00. The number of allylic oxidation sites excluding steroid dienone is 3. The predicted molar refractivity (Wildman–Crippen MR) is 68.1 cm³/mol. The van der Waals surface area contributed by atoms with E-state index in [0.29, 0.717) is 0 Å². The zero-order chi connectivity index (χ0) is 9.69. The first-order valence-electron chi connectivity index (χ1n) is 3.84. The Balaban J connectivity index is 5.06. The molecular weight excluding hydrogens is 390 g/mol. The Morgan fingerprint density at radius 1 is 0.750 bits per heavy atom. The summed E-state index contributed by atoms with van der Waals surface area (Å²) in [5.74, 6) is 0. The molecule has 0 saturated heterocycles. The topological polar surface area (TPSA) is 0 Å². The van der Waals surface area contributed by atoms with Crippen LogP contribution in [0.1, 0.15) is 20.8 Å². The van der Waals surface area contributed by atoms with Crippen molar-refractivity contribution in [3.05, 3.63) is 30.3 Å². The Morgan fingerprint density at radius 3 is 1.17 bits per heavy atom. The first-order chi connectivity index (χ1) is 5.46. The first-order valence-corrected chi connectivity index (χ1v) is 19.7. The summed E-state index contributed by atoms with van der Waals surface area (Å²) >= 11 is 4.74. The van der Waals surface area contributed by atoms with Gasteiger partial charge in [-0.15, -0.1) is 0 Å². The molecular formula is C9H15Br2Sb. The SMILES string of the molecule is C/C=[CH]/[Sb]([Br])([Br])(/[CH]=C/C)/[CH]=C/C. The Hall–Kier alpha value is 0.998. The van der Waals surface area contributed by atoms with Crippen molar-refractivity contribution in [2.24, 2.45) is 0 Å². The van der Waals surface area contributed by atoms with Crippen LogP contribution in [-0.4, -0.2) is 12.9 Å². The third kappa shape index (κ3) is 4.30. The second kappa shape index (κ2) is 5.02. The first kappa shape index (κ1) is 13.0. The van der Waals surface area contributed by atoms with Gasteiger partial charge in [0.1, 0.15) is 0 Å². The summed E-state index contributed by atoms with van der Waals surface area (Å²) in [6.07, 6.45) is 6.27. The van der Waals surface area contributed by atoms with E-state index in [1.807, 2.05) is 20.8 Å². The van der Waals surface area contributed by atoms with Crippen LogP contribution < -0.4 is 0 Å². The maximum atomic E-state index is 3.83. The van der Waals surface area contributed by atoms with Crippen molar-refractivity contribution < 1.29 is 0 Å². The van der Waals surface area contributed by atoms with E-state index in [4.69, 9.17) is 0 Å². The molecule has 0 amide bonds. The molecule has 70 valence electrons. The van der Waals surface area contributed by atoms with Crippen LogP contribution in [0.5, 0.6) is 0 Å².